The molecule has 3 aromatic rings. The minimum atomic E-state index is -0.308. The predicted molar refractivity (Wildman–Crippen MR) is 111 cm³/mol. The highest BCUT2D eigenvalue weighted by atomic mass is 16.7. The smallest absolute Gasteiger partial charge is 0.259 e. The Labute approximate surface area is 173 Å². The van der Waals surface area contributed by atoms with Gasteiger partial charge in [-0.25, -0.2) is 0 Å². The molecular weight excluding hydrogens is 384 g/mol. The highest BCUT2D eigenvalue weighted by Crippen LogP contribution is 2.32. The van der Waals surface area contributed by atoms with Crippen LogP contribution in [0.4, 0.5) is 5.69 Å². The molecule has 1 aliphatic heterocycles. The van der Waals surface area contributed by atoms with E-state index in [0.717, 1.165) is 5.56 Å². The molecule has 3 aromatic carbocycles. The Kier molecular flexibility index (Phi) is 5.80. The van der Waals surface area contributed by atoms with Crippen molar-refractivity contribution in [1.29, 1.82) is 0 Å². The predicted octanol–water partition coefficient (Wildman–Crippen LogP) is 3.36. The number of ether oxygens (including phenoxy) is 3. The molecule has 2 N–H and O–H groups in total. The van der Waals surface area contributed by atoms with E-state index in [1.807, 2.05) is 36.4 Å². The Morgan fingerprint density at radius 3 is 2.53 bits per heavy atom. The second kappa shape index (κ2) is 9.00. The average molecular weight is 404 g/mol. The van der Waals surface area contributed by atoms with Crippen LogP contribution in [-0.2, 0) is 11.3 Å². The van der Waals surface area contributed by atoms with Gasteiger partial charge in [0.05, 0.1) is 5.56 Å². The van der Waals surface area contributed by atoms with Gasteiger partial charge >= 0.3 is 0 Å². The van der Waals surface area contributed by atoms with Gasteiger partial charge in [-0.3, -0.25) is 9.59 Å². The lowest BCUT2D eigenvalue weighted by Crippen LogP contribution is -2.28. The molecule has 0 bridgehead atoms. The van der Waals surface area contributed by atoms with Crippen molar-refractivity contribution in [2.45, 2.75) is 6.54 Å². The van der Waals surface area contributed by atoms with Crippen LogP contribution in [-0.4, -0.2) is 25.2 Å². The van der Waals surface area contributed by atoms with Crippen LogP contribution in [0, 0.1) is 0 Å². The summed E-state index contributed by atoms with van der Waals surface area (Å²) in [5.41, 5.74) is 1.92. The van der Waals surface area contributed by atoms with Gasteiger partial charge in [-0.2, -0.15) is 0 Å². The fourth-order valence-corrected chi connectivity index (χ4v) is 2.95. The van der Waals surface area contributed by atoms with E-state index in [0.29, 0.717) is 35.0 Å². The standard InChI is InChI=1S/C23H20N2O5/c26-22(24-13-16-10-11-20-21(12-16)30-15-29-20)14-28-19-9-5-4-8-18(19)23(27)25-17-6-2-1-3-7-17/h1-12H,13-15H2,(H,24,26)(H,25,27). The third-order valence-corrected chi connectivity index (χ3v) is 4.45. The van der Waals surface area contributed by atoms with Gasteiger partial charge in [0.2, 0.25) is 6.79 Å². The van der Waals surface area contributed by atoms with Gasteiger partial charge in [0.15, 0.2) is 18.1 Å². The van der Waals surface area contributed by atoms with E-state index in [2.05, 4.69) is 10.6 Å². The van der Waals surface area contributed by atoms with Crippen molar-refractivity contribution < 1.29 is 23.8 Å². The third kappa shape index (κ3) is 4.70. The monoisotopic (exact) mass is 404 g/mol. The van der Waals surface area contributed by atoms with Crippen molar-refractivity contribution in [1.82, 2.24) is 5.32 Å². The van der Waals surface area contributed by atoms with Gasteiger partial charge in [-0.15, -0.1) is 0 Å². The molecule has 0 fully saturated rings. The van der Waals surface area contributed by atoms with Crippen molar-refractivity contribution in [3.63, 3.8) is 0 Å². The number of para-hydroxylation sites is 2. The highest BCUT2D eigenvalue weighted by Gasteiger charge is 2.15. The largest absolute Gasteiger partial charge is 0.483 e. The third-order valence-electron chi connectivity index (χ3n) is 4.45. The number of carbonyl (C=O) groups is 2. The zero-order chi connectivity index (χ0) is 20.8. The second-order valence-electron chi connectivity index (χ2n) is 6.57. The first-order chi connectivity index (χ1) is 14.7. The lowest BCUT2D eigenvalue weighted by atomic mass is 10.2. The summed E-state index contributed by atoms with van der Waals surface area (Å²) in [6.45, 7) is 0.325. The van der Waals surface area contributed by atoms with Crippen LogP contribution in [0.15, 0.2) is 72.8 Å². The van der Waals surface area contributed by atoms with Gasteiger partial charge in [0.1, 0.15) is 5.75 Å². The first kappa shape index (κ1) is 19.3. The maximum Gasteiger partial charge on any atom is 0.259 e. The quantitative estimate of drug-likeness (QED) is 0.631. The Bertz CT molecular complexity index is 1050. The maximum absolute atomic E-state index is 12.6. The maximum atomic E-state index is 12.6. The molecule has 0 aromatic heterocycles. The number of benzene rings is 3. The molecule has 4 rings (SSSR count). The van der Waals surface area contributed by atoms with E-state index in [4.69, 9.17) is 14.2 Å². The Morgan fingerprint density at radius 2 is 1.67 bits per heavy atom. The number of fused-ring (bicyclic) bond motifs is 1. The SMILES string of the molecule is O=C(COc1ccccc1C(=O)Nc1ccccc1)NCc1ccc2c(c1)OCO2. The molecule has 0 atom stereocenters. The van der Waals surface area contributed by atoms with E-state index in [9.17, 15) is 9.59 Å². The van der Waals surface area contributed by atoms with E-state index >= 15 is 0 Å². The van der Waals surface area contributed by atoms with Crippen LogP contribution >= 0.6 is 0 Å². The Morgan fingerprint density at radius 1 is 0.900 bits per heavy atom. The number of rotatable bonds is 7. The molecule has 30 heavy (non-hydrogen) atoms. The molecule has 7 heteroatoms. The molecule has 0 radical (unpaired) electrons. The Hall–Kier alpha value is -4.00. The van der Waals surface area contributed by atoms with Gasteiger partial charge in [-0.05, 0) is 42.0 Å². The summed E-state index contributed by atoms with van der Waals surface area (Å²) in [4.78, 5) is 24.8. The van der Waals surface area contributed by atoms with Crippen molar-refractivity contribution in [2.75, 3.05) is 18.7 Å². The Balaban J connectivity index is 1.32. The molecule has 0 unspecified atom stereocenters. The number of hydrogen-bond donors (Lipinski definition) is 2. The number of amides is 2. The number of carbonyl (C=O) groups excluding carboxylic acids is 2. The summed E-state index contributed by atoms with van der Waals surface area (Å²) in [6.07, 6.45) is 0. The lowest BCUT2D eigenvalue weighted by Gasteiger charge is -2.12. The molecule has 1 aliphatic rings. The first-order valence-electron chi connectivity index (χ1n) is 9.42. The summed E-state index contributed by atoms with van der Waals surface area (Å²) in [5, 5.41) is 5.60. The number of hydrogen-bond acceptors (Lipinski definition) is 5. The molecular formula is C23H20N2O5. The van der Waals surface area contributed by atoms with E-state index in [1.165, 1.54) is 0 Å². The van der Waals surface area contributed by atoms with E-state index < -0.39 is 0 Å². The van der Waals surface area contributed by atoms with Crippen LogP contribution in [0.25, 0.3) is 0 Å². The normalized spacial score (nSPS) is 11.6. The van der Waals surface area contributed by atoms with Crippen LogP contribution in [0.3, 0.4) is 0 Å². The van der Waals surface area contributed by atoms with Gasteiger partial charge < -0.3 is 24.8 Å². The molecule has 0 saturated carbocycles. The van der Waals surface area contributed by atoms with E-state index in [1.54, 1.807) is 36.4 Å². The summed E-state index contributed by atoms with van der Waals surface area (Å²) >= 11 is 0. The van der Waals surface area contributed by atoms with Crippen LogP contribution < -0.4 is 24.8 Å². The second-order valence-corrected chi connectivity index (χ2v) is 6.57. The molecule has 0 saturated heterocycles. The zero-order valence-corrected chi connectivity index (χ0v) is 16.1. The van der Waals surface area contributed by atoms with Crippen LogP contribution in [0.1, 0.15) is 15.9 Å². The molecule has 152 valence electrons. The summed E-state index contributed by atoms with van der Waals surface area (Å²) < 4.78 is 16.2. The van der Waals surface area contributed by atoms with Crippen molar-refractivity contribution in [3.05, 3.63) is 83.9 Å². The van der Waals surface area contributed by atoms with Crippen LogP contribution in [0.5, 0.6) is 17.2 Å². The first-order valence-corrected chi connectivity index (χ1v) is 9.42. The molecule has 7 nitrogen and oxygen atoms in total. The highest BCUT2D eigenvalue weighted by molar-refractivity contribution is 6.06. The molecule has 0 aliphatic carbocycles. The molecule has 0 spiro atoms. The number of nitrogens with one attached hydrogen (secondary N) is 2. The lowest BCUT2D eigenvalue weighted by molar-refractivity contribution is -0.123. The zero-order valence-electron chi connectivity index (χ0n) is 16.1. The average Bonchev–Trinajstić information content (AvgIpc) is 3.25. The number of anilines is 1. The molecule has 1 heterocycles. The minimum absolute atomic E-state index is 0.205. The summed E-state index contributed by atoms with van der Waals surface area (Å²) in [5.74, 6) is 1.09. The van der Waals surface area contributed by atoms with Gasteiger partial charge in [0, 0.05) is 12.2 Å². The van der Waals surface area contributed by atoms with Gasteiger partial charge in [-0.1, -0.05) is 36.4 Å². The van der Waals surface area contributed by atoms with Gasteiger partial charge in [0.25, 0.3) is 11.8 Å². The summed E-state index contributed by atoms with van der Waals surface area (Å²) in [6, 6.07) is 21.4. The fraction of sp³-hybridized carbons (Fsp3) is 0.130. The van der Waals surface area contributed by atoms with Crippen LogP contribution in [0.2, 0.25) is 0 Å². The summed E-state index contributed by atoms with van der Waals surface area (Å²) in [7, 11) is 0. The van der Waals surface area contributed by atoms with Crippen molar-refractivity contribution >= 4 is 17.5 Å². The minimum Gasteiger partial charge on any atom is -0.483 e. The van der Waals surface area contributed by atoms with E-state index in [-0.39, 0.29) is 25.2 Å². The van der Waals surface area contributed by atoms with Crippen molar-refractivity contribution in [3.8, 4) is 17.2 Å². The molecule has 2 amide bonds. The van der Waals surface area contributed by atoms with Crippen molar-refractivity contribution in [2.24, 2.45) is 0 Å². The topological polar surface area (TPSA) is 85.9 Å². The fourth-order valence-electron chi connectivity index (χ4n) is 2.95.